The third-order valence-electron chi connectivity index (χ3n) is 5.65. The third-order valence-corrected chi connectivity index (χ3v) is 5.65. The monoisotopic (exact) mass is 385 g/mol. The zero-order valence-corrected chi connectivity index (χ0v) is 16.1. The Hall–Kier alpha value is -3.44. The van der Waals surface area contributed by atoms with E-state index in [0.29, 0.717) is 0 Å². The van der Waals surface area contributed by atoms with E-state index >= 15 is 0 Å². The average molecular weight is 385 g/mol. The normalized spacial score (nSPS) is 13.8. The van der Waals surface area contributed by atoms with Crippen LogP contribution in [0.25, 0.3) is 27.5 Å². The number of hydrogen-bond acceptors (Lipinski definition) is 2. The van der Waals surface area contributed by atoms with Gasteiger partial charge in [-0.3, -0.25) is 0 Å². The summed E-state index contributed by atoms with van der Waals surface area (Å²) in [6.07, 6.45) is 3.64. The van der Waals surface area contributed by atoms with Crippen molar-refractivity contribution in [3.8, 4) is 5.69 Å². The summed E-state index contributed by atoms with van der Waals surface area (Å²) in [5, 5.41) is 17.8. The summed E-state index contributed by atoms with van der Waals surface area (Å²) in [5.41, 5.74) is 4.30. The van der Waals surface area contributed by atoms with E-state index in [9.17, 15) is 9.50 Å². The largest absolute Gasteiger partial charge is 0.381 e. The molecule has 3 aromatic carbocycles. The number of nitrogens with zero attached hydrogens (tertiary/aromatic N) is 2. The quantitative estimate of drug-likeness (QED) is 0.448. The molecule has 0 saturated heterocycles. The van der Waals surface area contributed by atoms with Crippen LogP contribution in [0, 0.1) is 12.7 Å². The predicted molar refractivity (Wildman–Crippen MR) is 113 cm³/mol. The van der Waals surface area contributed by atoms with Crippen molar-refractivity contribution in [3.05, 3.63) is 95.6 Å². The van der Waals surface area contributed by atoms with Gasteiger partial charge in [0.05, 0.1) is 17.4 Å². The molecule has 4 nitrogen and oxygen atoms in total. The molecule has 5 aromatic rings. The number of aryl methyl sites for hydroxylation is 1. The van der Waals surface area contributed by atoms with Crippen molar-refractivity contribution in [2.75, 3.05) is 0 Å². The fourth-order valence-corrected chi connectivity index (χ4v) is 3.99. The van der Waals surface area contributed by atoms with Gasteiger partial charge in [-0.05, 0) is 61.4 Å². The van der Waals surface area contributed by atoms with Gasteiger partial charge in [-0.2, -0.15) is 5.10 Å². The molecule has 5 heteroatoms. The summed E-state index contributed by atoms with van der Waals surface area (Å²) in [6, 6.07) is 18.1. The van der Waals surface area contributed by atoms with Crippen molar-refractivity contribution in [3.63, 3.8) is 0 Å². The summed E-state index contributed by atoms with van der Waals surface area (Å²) < 4.78 is 15.0. The first kappa shape index (κ1) is 17.6. The average Bonchev–Trinajstić information content (AvgIpc) is 3.33. The number of aromatic nitrogens is 3. The van der Waals surface area contributed by atoms with Crippen LogP contribution in [0.5, 0.6) is 0 Å². The number of aliphatic hydroxyl groups is 1. The Labute approximate surface area is 167 Å². The van der Waals surface area contributed by atoms with Gasteiger partial charge in [-0.1, -0.05) is 24.3 Å². The van der Waals surface area contributed by atoms with E-state index in [0.717, 1.165) is 44.2 Å². The highest BCUT2D eigenvalue weighted by Gasteiger charge is 2.29. The lowest BCUT2D eigenvalue weighted by Gasteiger charge is -2.24. The molecule has 0 aliphatic rings. The zero-order valence-electron chi connectivity index (χ0n) is 16.1. The second-order valence-electron chi connectivity index (χ2n) is 7.58. The van der Waals surface area contributed by atoms with Gasteiger partial charge in [0.2, 0.25) is 0 Å². The molecule has 2 N–H and O–H groups in total. The van der Waals surface area contributed by atoms with Gasteiger partial charge < -0.3 is 10.1 Å². The number of hydrogen-bond donors (Lipinski definition) is 2. The smallest absolute Gasteiger partial charge is 0.123 e. The SMILES string of the molecule is Cc1cccc2c(C(C)(O)c3ccc4c(cnn4-c4ccc(F)cc4)c3)c[nH]c12. The highest BCUT2D eigenvalue weighted by atomic mass is 19.1. The van der Waals surface area contributed by atoms with Gasteiger partial charge >= 0.3 is 0 Å². The maximum atomic E-state index is 13.2. The van der Waals surface area contributed by atoms with E-state index in [1.165, 1.54) is 12.1 Å². The minimum atomic E-state index is -1.17. The molecule has 5 rings (SSSR count). The van der Waals surface area contributed by atoms with Crippen LogP contribution in [0.15, 0.2) is 73.1 Å². The number of fused-ring (bicyclic) bond motifs is 2. The lowest BCUT2D eigenvalue weighted by molar-refractivity contribution is 0.104. The molecule has 29 heavy (non-hydrogen) atoms. The summed E-state index contributed by atoms with van der Waals surface area (Å²) in [6.45, 7) is 3.86. The lowest BCUT2D eigenvalue weighted by Crippen LogP contribution is -2.22. The highest BCUT2D eigenvalue weighted by molar-refractivity contribution is 5.88. The van der Waals surface area contributed by atoms with Crippen LogP contribution in [-0.4, -0.2) is 19.9 Å². The van der Waals surface area contributed by atoms with Crippen LogP contribution < -0.4 is 0 Å². The summed E-state index contributed by atoms with van der Waals surface area (Å²) in [7, 11) is 0. The number of H-pyrrole nitrogens is 1. The molecule has 0 amide bonds. The Morgan fingerprint density at radius 1 is 1.07 bits per heavy atom. The van der Waals surface area contributed by atoms with Gasteiger partial charge in [0.15, 0.2) is 0 Å². The van der Waals surface area contributed by atoms with Crippen molar-refractivity contribution in [2.45, 2.75) is 19.4 Å². The molecule has 0 aliphatic heterocycles. The van der Waals surface area contributed by atoms with Gasteiger partial charge in [0, 0.05) is 28.0 Å². The maximum absolute atomic E-state index is 13.2. The maximum Gasteiger partial charge on any atom is 0.123 e. The second-order valence-corrected chi connectivity index (χ2v) is 7.58. The molecule has 0 aliphatic carbocycles. The molecule has 0 spiro atoms. The van der Waals surface area contributed by atoms with Crippen molar-refractivity contribution >= 4 is 21.8 Å². The Balaban J connectivity index is 1.61. The lowest BCUT2D eigenvalue weighted by atomic mass is 9.87. The van der Waals surface area contributed by atoms with Gasteiger partial charge in [0.1, 0.15) is 11.4 Å². The van der Waals surface area contributed by atoms with Crippen LogP contribution in [-0.2, 0) is 5.60 Å². The Bertz CT molecular complexity index is 1350. The van der Waals surface area contributed by atoms with Crippen LogP contribution in [0.3, 0.4) is 0 Å². The van der Waals surface area contributed by atoms with Gasteiger partial charge in [-0.15, -0.1) is 0 Å². The Morgan fingerprint density at radius 3 is 2.66 bits per heavy atom. The van der Waals surface area contributed by atoms with Gasteiger partial charge in [-0.25, -0.2) is 9.07 Å². The first-order valence-corrected chi connectivity index (χ1v) is 9.49. The van der Waals surface area contributed by atoms with Crippen LogP contribution >= 0.6 is 0 Å². The molecule has 0 bridgehead atoms. The second kappa shape index (κ2) is 6.29. The highest BCUT2D eigenvalue weighted by Crippen LogP contribution is 2.36. The standard InChI is InChI=1S/C24H20FN3O/c1-15-4-3-5-20-21(14-26-23(15)20)24(2,29)17-6-11-22-16(12-17)13-27-28(22)19-9-7-18(25)8-10-19/h3-14,26,29H,1-2H3. The minimum absolute atomic E-state index is 0.280. The molecule has 0 saturated carbocycles. The number of rotatable bonds is 3. The van der Waals surface area contributed by atoms with E-state index in [1.54, 1.807) is 23.0 Å². The fourth-order valence-electron chi connectivity index (χ4n) is 3.99. The third kappa shape index (κ3) is 2.74. The van der Waals surface area contributed by atoms with Crippen LogP contribution in [0.2, 0.25) is 0 Å². The molecular weight excluding hydrogens is 365 g/mol. The van der Waals surface area contributed by atoms with Crippen molar-refractivity contribution in [1.29, 1.82) is 0 Å². The molecular formula is C24H20FN3O. The summed E-state index contributed by atoms with van der Waals surface area (Å²) >= 11 is 0. The van der Waals surface area contributed by atoms with Crippen molar-refractivity contribution in [2.24, 2.45) is 0 Å². The van der Waals surface area contributed by atoms with E-state index in [4.69, 9.17) is 0 Å². The first-order valence-electron chi connectivity index (χ1n) is 9.49. The van der Waals surface area contributed by atoms with E-state index in [-0.39, 0.29) is 5.82 Å². The van der Waals surface area contributed by atoms with Gasteiger partial charge in [0.25, 0.3) is 0 Å². The summed E-state index contributed by atoms with van der Waals surface area (Å²) in [4.78, 5) is 3.29. The molecule has 0 fully saturated rings. The number of nitrogens with one attached hydrogen (secondary N) is 1. The first-order chi connectivity index (χ1) is 13.9. The van der Waals surface area contributed by atoms with Crippen molar-refractivity contribution in [1.82, 2.24) is 14.8 Å². The number of benzene rings is 3. The molecule has 0 radical (unpaired) electrons. The molecule has 2 aromatic heterocycles. The Kier molecular flexibility index (Phi) is 3.83. The van der Waals surface area contributed by atoms with E-state index < -0.39 is 5.60 Å². The zero-order chi connectivity index (χ0) is 20.2. The van der Waals surface area contributed by atoms with Crippen molar-refractivity contribution < 1.29 is 9.50 Å². The number of para-hydroxylation sites is 1. The molecule has 1 atom stereocenters. The summed E-state index contributed by atoms with van der Waals surface area (Å²) in [5.74, 6) is -0.280. The number of halogens is 1. The van der Waals surface area contributed by atoms with E-state index in [2.05, 4.69) is 10.1 Å². The molecule has 1 unspecified atom stereocenters. The topological polar surface area (TPSA) is 53.8 Å². The minimum Gasteiger partial charge on any atom is -0.381 e. The molecule has 2 heterocycles. The number of aromatic amines is 1. The Morgan fingerprint density at radius 2 is 1.86 bits per heavy atom. The predicted octanol–water partition coefficient (Wildman–Crippen LogP) is 5.21. The van der Waals surface area contributed by atoms with E-state index in [1.807, 2.05) is 56.4 Å². The molecule has 144 valence electrons. The fraction of sp³-hybridized carbons (Fsp3) is 0.125. The van der Waals surface area contributed by atoms with Crippen LogP contribution in [0.4, 0.5) is 4.39 Å². The van der Waals surface area contributed by atoms with Crippen LogP contribution in [0.1, 0.15) is 23.6 Å².